The van der Waals surface area contributed by atoms with Crippen molar-refractivity contribution in [2.75, 3.05) is 46.1 Å². The Morgan fingerprint density at radius 2 is 2.00 bits per heavy atom. The Hall–Kier alpha value is -1.44. The van der Waals surface area contributed by atoms with Gasteiger partial charge in [-0.25, -0.2) is 13.1 Å². The number of ether oxygens (including phenoxy) is 1. The lowest BCUT2D eigenvalue weighted by atomic mass is 10.1. The number of amides is 1. The predicted molar refractivity (Wildman–Crippen MR) is 134 cm³/mol. The number of rotatable bonds is 10. The fourth-order valence-electron chi connectivity index (χ4n) is 3.12. The summed E-state index contributed by atoms with van der Waals surface area (Å²) in [5.74, 6) is 0.365. The number of guanidine groups is 1. The number of aliphatic imine (C=N–C) groups is 1. The molecule has 176 valence electrons. The smallest absolute Gasteiger partial charge is 0.251 e. The zero-order valence-electron chi connectivity index (χ0n) is 18.1. The number of nitrogens with one attached hydrogen (secondary N) is 4. The molecule has 0 aromatic heterocycles. The molecule has 0 radical (unpaired) electrons. The van der Waals surface area contributed by atoms with Crippen molar-refractivity contribution >= 4 is 45.9 Å². The zero-order valence-corrected chi connectivity index (χ0v) is 21.3. The van der Waals surface area contributed by atoms with Crippen molar-refractivity contribution in [1.82, 2.24) is 20.7 Å². The lowest BCUT2D eigenvalue weighted by Crippen LogP contribution is -2.43. The molecule has 1 fully saturated rings. The van der Waals surface area contributed by atoms with E-state index in [2.05, 4.69) is 25.7 Å². The number of benzene rings is 1. The van der Waals surface area contributed by atoms with E-state index in [0.29, 0.717) is 37.6 Å². The van der Waals surface area contributed by atoms with Crippen LogP contribution in [0.25, 0.3) is 0 Å². The van der Waals surface area contributed by atoms with E-state index in [0.717, 1.165) is 24.8 Å². The van der Waals surface area contributed by atoms with E-state index in [1.165, 1.54) is 0 Å². The fourth-order valence-corrected chi connectivity index (χ4v) is 4.08. The first kappa shape index (κ1) is 27.6. The molecule has 0 spiro atoms. The Labute approximate surface area is 202 Å². The monoisotopic (exact) mass is 567 g/mol. The minimum Gasteiger partial charge on any atom is -0.377 e. The molecule has 0 saturated carbocycles. The van der Waals surface area contributed by atoms with Crippen molar-refractivity contribution in [2.45, 2.75) is 31.8 Å². The summed E-state index contributed by atoms with van der Waals surface area (Å²) < 4.78 is 32.5. The van der Waals surface area contributed by atoms with Gasteiger partial charge >= 0.3 is 0 Å². The van der Waals surface area contributed by atoms with E-state index in [9.17, 15) is 13.2 Å². The molecule has 1 aliphatic rings. The molecule has 2 rings (SSSR count). The summed E-state index contributed by atoms with van der Waals surface area (Å²) in [6.45, 7) is 1.87. The molecule has 9 nitrogen and oxygen atoms in total. The molecule has 1 heterocycles. The van der Waals surface area contributed by atoms with Gasteiger partial charge in [0.15, 0.2) is 5.96 Å². The molecule has 1 aliphatic heterocycles. The van der Waals surface area contributed by atoms with Gasteiger partial charge in [-0.15, -0.1) is 24.0 Å². The SMILES string of the molecule is CN=C(NCCc1cccc(C(=O)NC)c1)NCCS(=O)(=O)NCC1CCCCO1.I. The van der Waals surface area contributed by atoms with Gasteiger partial charge in [0, 0.05) is 45.9 Å². The van der Waals surface area contributed by atoms with Gasteiger partial charge in [0.05, 0.1) is 11.9 Å². The number of carbonyl (C=O) groups excluding carboxylic acids is 1. The predicted octanol–water partition coefficient (Wildman–Crippen LogP) is 0.860. The third-order valence-electron chi connectivity index (χ3n) is 4.81. The Morgan fingerprint density at radius 1 is 1.23 bits per heavy atom. The largest absolute Gasteiger partial charge is 0.377 e. The van der Waals surface area contributed by atoms with Crippen LogP contribution in [-0.2, 0) is 21.2 Å². The van der Waals surface area contributed by atoms with Crippen LogP contribution >= 0.6 is 24.0 Å². The zero-order chi connectivity index (χ0) is 21.8. The highest BCUT2D eigenvalue weighted by atomic mass is 127. The average Bonchev–Trinajstić information content (AvgIpc) is 2.77. The molecule has 1 unspecified atom stereocenters. The van der Waals surface area contributed by atoms with Gasteiger partial charge in [-0.1, -0.05) is 12.1 Å². The first-order valence-corrected chi connectivity index (χ1v) is 11.9. The third-order valence-corrected chi connectivity index (χ3v) is 6.16. The van der Waals surface area contributed by atoms with Crippen molar-refractivity contribution in [3.8, 4) is 0 Å². The highest BCUT2D eigenvalue weighted by Crippen LogP contribution is 2.11. The van der Waals surface area contributed by atoms with E-state index in [1.807, 2.05) is 18.2 Å². The molecule has 1 aromatic carbocycles. The van der Waals surface area contributed by atoms with Gasteiger partial charge in [0.1, 0.15) is 0 Å². The summed E-state index contributed by atoms with van der Waals surface area (Å²) in [6, 6.07) is 7.43. The maximum Gasteiger partial charge on any atom is 0.251 e. The van der Waals surface area contributed by atoms with Crippen LogP contribution < -0.4 is 20.7 Å². The standard InChI is InChI=1S/C20H33N5O4S.HI/c1-21-19(26)17-7-5-6-16(14-17)9-10-23-20(22-2)24-11-13-30(27,28)25-15-18-8-3-4-12-29-18;/h5-7,14,18,25H,3-4,8-13,15H2,1-2H3,(H,21,26)(H2,22,23,24);1H. The summed E-state index contributed by atoms with van der Waals surface area (Å²) in [4.78, 5) is 15.8. The van der Waals surface area contributed by atoms with Crippen LogP contribution in [0.1, 0.15) is 35.2 Å². The van der Waals surface area contributed by atoms with Gasteiger partial charge in [0.25, 0.3) is 5.91 Å². The van der Waals surface area contributed by atoms with Crippen molar-refractivity contribution in [2.24, 2.45) is 4.99 Å². The number of carbonyl (C=O) groups is 1. The first-order chi connectivity index (χ1) is 14.4. The molecule has 1 atom stereocenters. The van der Waals surface area contributed by atoms with Crippen LogP contribution in [0, 0.1) is 0 Å². The quantitative estimate of drug-likeness (QED) is 0.189. The van der Waals surface area contributed by atoms with E-state index in [1.54, 1.807) is 20.2 Å². The van der Waals surface area contributed by atoms with Crippen LogP contribution in [0.15, 0.2) is 29.3 Å². The van der Waals surface area contributed by atoms with E-state index in [4.69, 9.17) is 4.74 Å². The average molecular weight is 567 g/mol. The van der Waals surface area contributed by atoms with Crippen LogP contribution in [0.3, 0.4) is 0 Å². The van der Waals surface area contributed by atoms with Gasteiger partial charge in [0.2, 0.25) is 10.0 Å². The van der Waals surface area contributed by atoms with Crippen molar-refractivity contribution in [3.05, 3.63) is 35.4 Å². The van der Waals surface area contributed by atoms with Crippen molar-refractivity contribution in [3.63, 3.8) is 0 Å². The number of nitrogens with zero attached hydrogens (tertiary/aromatic N) is 1. The number of sulfonamides is 1. The summed E-state index contributed by atoms with van der Waals surface area (Å²) in [7, 11) is -0.140. The van der Waals surface area contributed by atoms with Gasteiger partial charge in [-0.3, -0.25) is 9.79 Å². The Bertz CT molecular complexity index is 814. The third kappa shape index (κ3) is 10.6. The molecule has 31 heavy (non-hydrogen) atoms. The fraction of sp³-hybridized carbons (Fsp3) is 0.600. The molecule has 11 heteroatoms. The topological polar surface area (TPSA) is 121 Å². The number of halogens is 1. The molecule has 0 aliphatic carbocycles. The van der Waals surface area contributed by atoms with Crippen LogP contribution in [0.5, 0.6) is 0 Å². The van der Waals surface area contributed by atoms with Crippen LogP contribution in [0.2, 0.25) is 0 Å². The minimum atomic E-state index is -3.38. The molecule has 4 N–H and O–H groups in total. The summed E-state index contributed by atoms with van der Waals surface area (Å²) >= 11 is 0. The molecule has 0 bridgehead atoms. The lowest BCUT2D eigenvalue weighted by Gasteiger charge is -2.22. The highest BCUT2D eigenvalue weighted by molar-refractivity contribution is 14.0. The van der Waals surface area contributed by atoms with E-state index in [-0.39, 0.29) is 48.3 Å². The molecule has 1 amide bonds. The van der Waals surface area contributed by atoms with Gasteiger partial charge < -0.3 is 20.7 Å². The first-order valence-electron chi connectivity index (χ1n) is 10.3. The second-order valence-electron chi connectivity index (χ2n) is 7.11. The minimum absolute atomic E-state index is 0. The van der Waals surface area contributed by atoms with E-state index >= 15 is 0 Å². The van der Waals surface area contributed by atoms with Crippen LogP contribution in [0.4, 0.5) is 0 Å². The lowest BCUT2D eigenvalue weighted by molar-refractivity contribution is 0.0200. The van der Waals surface area contributed by atoms with E-state index < -0.39 is 10.0 Å². The van der Waals surface area contributed by atoms with Crippen molar-refractivity contribution < 1.29 is 17.9 Å². The maximum absolute atomic E-state index is 12.2. The van der Waals surface area contributed by atoms with Crippen molar-refractivity contribution in [1.29, 1.82) is 0 Å². The van der Waals surface area contributed by atoms with Crippen LogP contribution in [-0.4, -0.2) is 72.5 Å². The Morgan fingerprint density at radius 3 is 2.68 bits per heavy atom. The Balaban J connectivity index is 0.00000480. The molecular weight excluding hydrogens is 533 g/mol. The Kier molecular flexibility index (Phi) is 13.0. The van der Waals surface area contributed by atoms with Gasteiger partial charge in [-0.2, -0.15) is 0 Å². The molecule has 1 aromatic rings. The van der Waals surface area contributed by atoms with Gasteiger partial charge in [-0.05, 0) is 43.4 Å². The second kappa shape index (κ2) is 14.6. The second-order valence-corrected chi connectivity index (χ2v) is 9.04. The normalized spacial score (nSPS) is 16.8. The molecular formula is C20H34IN5O4S. The number of hydrogen-bond donors (Lipinski definition) is 4. The highest BCUT2D eigenvalue weighted by Gasteiger charge is 2.17. The summed E-state index contributed by atoms with van der Waals surface area (Å²) in [6.07, 6.45) is 3.68. The summed E-state index contributed by atoms with van der Waals surface area (Å²) in [5.41, 5.74) is 1.64. The maximum atomic E-state index is 12.2. The summed E-state index contributed by atoms with van der Waals surface area (Å²) in [5, 5.41) is 8.78. The number of hydrogen-bond acceptors (Lipinski definition) is 5. The molecule has 1 saturated heterocycles.